The van der Waals surface area contributed by atoms with Gasteiger partial charge in [0.15, 0.2) is 0 Å². The second-order valence-electron chi connectivity index (χ2n) is 7.51. The first kappa shape index (κ1) is 19.4. The average Bonchev–Trinajstić information content (AvgIpc) is 3.28. The maximum Gasteiger partial charge on any atom is 0.263 e. The van der Waals surface area contributed by atoms with Gasteiger partial charge in [-0.2, -0.15) is 0 Å². The van der Waals surface area contributed by atoms with E-state index in [9.17, 15) is 9.59 Å². The van der Waals surface area contributed by atoms with E-state index < -0.39 is 0 Å². The average molecular weight is 405 g/mol. The van der Waals surface area contributed by atoms with Crippen LogP contribution in [0.3, 0.4) is 0 Å². The molecule has 1 saturated heterocycles. The van der Waals surface area contributed by atoms with Crippen molar-refractivity contribution in [3.8, 4) is 11.1 Å². The summed E-state index contributed by atoms with van der Waals surface area (Å²) in [5.74, 6) is -0.177. The third-order valence-electron chi connectivity index (χ3n) is 5.29. The standard InChI is InChI=1S/C24H24N2O2S/c1-17-6-2-7-18(14-17)19-8-3-10-21(15-19)25-23(27)20-9-4-12-26(16-20)24(28)22-11-5-13-29-22/h2-3,5-8,10-11,13-15,20H,4,9,12,16H2,1H3,(H,25,27)/t20-/m1/s1. The molecule has 29 heavy (non-hydrogen) atoms. The summed E-state index contributed by atoms with van der Waals surface area (Å²) in [5, 5.41) is 4.96. The van der Waals surface area contributed by atoms with Crippen molar-refractivity contribution < 1.29 is 9.59 Å². The van der Waals surface area contributed by atoms with Crippen LogP contribution in [0.25, 0.3) is 11.1 Å². The molecule has 2 aromatic carbocycles. The highest BCUT2D eigenvalue weighted by molar-refractivity contribution is 7.12. The predicted molar refractivity (Wildman–Crippen MR) is 118 cm³/mol. The minimum Gasteiger partial charge on any atom is -0.337 e. The van der Waals surface area contributed by atoms with Gasteiger partial charge < -0.3 is 10.2 Å². The second kappa shape index (κ2) is 8.62. The van der Waals surface area contributed by atoms with E-state index in [2.05, 4.69) is 30.4 Å². The lowest BCUT2D eigenvalue weighted by Crippen LogP contribution is -2.43. The van der Waals surface area contributed by atoms with Crippen molar-refractivity contribution in [3.63, 3.8) is 0 Å². The van der Waals surface area contributed by atoms with Gasteiger partial charge in [-0.25, -0.2) is 0 Å². The molecule has 148 valence electrons. The molecule has 0 aliphatic carbocycles. The largest absolute Gasteiger partial charge is 0.337 e. The summed E-state index contributed by atoms with van der Waals surface area (Å²) in [6, 6.07) is 20.0. The van der Waals surface area contributed by atoms with Crippen LogP contribution < -0.4 is 5.32 Å². The van der Waals surface area contributed by atoms with Gasteiger partial charge in [-0.1, -0.05) is 48.0 Å². The highest BCUT2D eigenvalue weighted by Crippen LogP contribution is 2.25. The minimum atomic E-state index is -0.185. The van der Waals surface area contributed by atoms with Crippen LogP contribution in [0, 0.1) is 12.8 Å². The molecule has 4 rings (SSSR count). The summed E-state index contributed by atoms with van der Waals surface area (Å²) < 4.78 is 0. The Balaban J connectivity index is 1.44. The number of hydrogen-bond donors (Lipinski definition) is 1. The molecule has 1 aromatic heterocycles. The summed E-state index contributed by atoms with van der Waals surface area (Å²) in [4.78, 5) is 28.0. The maximum absolute atomic E-state index is 12.9. The van der Waals surface area contributed by atoms with Gasteiger partial charge in [0.25, 0.3) is 5.91 Å². The summed E-state index contributed by atoms with van der Waals surface area (Å²) >= 11 is 1.45. The summed E-state index contributed by atoms with van der Waals surface area (Å²) in [6.45, 7) is 3.25. The number of carbonyl (C=O) groups is 2. The van der Waals surface area contributed by atoms with Crippen molar-refractivity contribution in [1.29, 1.82) is 0 Å². The van der Waals surface area contributed by atoms with Crippen LogP contribution >= 0.6 is 11.3 Å². The molecule has 1 aliphatic heterocycles. The number of rotatable bonds is 4. The van der Waals surface area contributed by atoms with Gasteiger partial charge in [-0.15, -0.1) is 11.3 Å². The van der Waals surface area contributed by atoms with Gasteiger partial charge in [-0.05, 0) is 54.5 Å². The molecule has 1 N–H and O–H groups in total. The molecule has 2 amide bonds. The van der Waals surface area contributed by atoms with Crippen LogP contribution in [-0.4, -0.2) is 29.8 Å². The van der Waals surface area contributed by atoms with E-state index >= 15 is 0 Å². The number of aryl methyl sites for hydroxylation is 1. The van der Waals surface area contributed by atoms with Gasteiger partial charge >= 0.3 is 0 Å². The molecule has 1 atom stereocenters. The summed E-state index contributed by atoms with van der Waals surface area (Å²) in [6.07, 6.45) is 1.65. The number of anilines is 1. The zero-order chi connectivity index (χ0) is 20.2. The highest BCUT2D eigenvalue weighted by Gasteiger charge is 2.29. The zero-order valence-electron chi connectivity index (χ0n) is 16.4. The van der Waals surface area contributed by atoms with Crippen LogP contribution in [0.1, 0.15) is 28.1 Å². The Morgan fingerprint density at radius 3 is 2.59 bits per heavy atom. The Kier molecular flexibility index (Phi) is 5.76. The molecule has 3 aromatic rings. The lowest BCUT2D eigenvalue weighted by molar-refractivity contribution is -0.121. The van der Waals surface area contributed by atoms with Crippen molar-refractivity contribution in [2.75, 3.05) is 18.4 Å². The predicted octanol–water partition coefficient (Wildman–Crippen LogP) is 5.21. The number of piperidine rings is 1. The van der Waals surface area contributed by atoms with E-state index in [0.29, 0.717) is 13.1 Å². The SMILES string of the molecule is Cc1cccc(-c2cccc(NC(=O)[C@@H]3CCCN(C(=O)c4cccs4)C3)c2)c1. The van der Waals surface area contributed by atoms with Gasteiger partial charge in [0.2, 0.25) is 5.91 Å². The van der Waals surface area contributed by atoms with E-state index in [4.69, 9.17) is 0 Å². The highest BCUT2D eigenvalue weighted by atomic mass is 32.1. The van der Waals surface area contributed by atoms with Gasteiger partial charge in [0.05, 0.1) is 10.8 Å². The first-order valence-corrected chi connectivity index (χ1v) is 10.8. The van der Waals surface area contributed by atoms with Crippen LogP contribution in [0.4, 0.5) is 5.69 Å². The summed E-state index contributed by atoms with van der Waals surface area (Å²) in [7, 11) is 0. The van der Waals surface area contributed by atoms with E-state index in [-0.39, 0.29) is 17.7 Å². The minimum absolute atomic E-state index is 0.0185. The molecule has 0 unspecified atom stereocenters. The van der Waals surface area contributed by atoms with Gasteiger partial charge in [0.1, 0.15) is 0 Å². The molecule has 4 nitrogen and oxygen atoms in total. The molecule has 5 heteroatoms. The number of carbonyl (C=O) groups excluding carboxylic acids is 2. The van der Waals surface area contributed by atoms with Crippen molar-refractivity contribution in [3.05, 3.63) is 76.5 Å². The fourth-order valence-electron chi connectivity index (χ4n) is 3.78. The fraction of sp³-hybridized carbons (Fsp3) is 0.250. The smallest absolute Gasteiger partial charge is 0.263 e. The maximum atomic E-state index is 12.9. The van der Waals surface area contributed by atoms with Crippen LogP contribution in [-0.2, 0) is 4.79 Å². The first-order valence-electron chi connectivity index (χ1n) is 9.91. The Morgan fingerprint density at radius 2 is 1.83 bits per heavy atom. The molecule has 2 heterocycles. The number of thiophene rings is 1. The lowest BCUT2D eigenvalue weighted by Gasteiger charge is -2.31. The molecular formula is C24H24N2O2S. The Labute approximate surface area is 175 Å². The first-order chi connectivity index (χ1) is 14.1. The monoisotopic (exact) mass is 404 g/mol. The van der Waals surface area contributed by atoms with Crippen molar-refractivity contribution in [2.24, 2.45) is 5.92 Å². The Morgan fingerprint density at radius 1 is 1.03 bits per heavy atom. The third-order valence-corrected chi connectivity index (χ3v) is 6.15. The number of nitrogens with one attached hydrogen (secondary N) is 1. The molecule has 0 spiro atoms. The van der Waals surface area contributed by atoms with Gasteiger partial charge in [0, 0.05) is 18.8 Å². The topological polar surface area (TPSA) is 49.4 Å². The van der Waals surface area contributed by atoms with E-state index in [1.807, 2.05) is 52.7 Å². The van der Waals surface area contributed by atoms with Crippen LogP contribution in [0.5, 0.6) is 0 Å². The number of benzene rings is 2. The molecule has 1 aliphatic rings. The summed E-state index contributed by atoms with van der Waals surface area (Å²) in [5.41, 5.74) is 4.20. The zero-order valence-corrected chi connectivity index (χ0v) is 17.2. The van der Waals surface area contributed by atoms with E-state index in [0.717, 1.165) is 34.5 Å². The Bertz CT molecular complexity index is 1010. The van der Waals surface area contributed by atoms with Crippen LogP contribution in [0.2, 0.25) is 0 Å². The number of likely N-dealkylation sites (tertiary alicyclic amines) is 1. The van der Waals surface area contributed by atoms with Crippen molar-refractivity contribution in [2.45, 2.75) is 19.8 Å². The molecular weight excluding hydrogens is 380 g/mol. The van der Waals surface area contributed by atoms with Crippen LogP contribution in [0.15, 0.2) is 66.0 Å². The quantitative estimate of drug-likeness (QED) is 0.649. The normalized spacial score (nSPS) is 16.4. The van der Waals surface area contributed by atoms with Crippen molar-refractivity contribution in [1.82, 2.24) is 4.90 Å². The number of nitrogens with zero attached hydrogens (tertiary/aromatic N) is 1. The van der Waals surface area contributed by atoms with E-state index in [1.165, 1.54) is 16.9 Å². The molecule has 1 fully saturated rings. The van der Waals surface area contributed by atoms with E-state index in [1.54, 1.807) is 0 Å². The lowest BCUT2D eigenvalue weighted by atomic mass is 9.96. The van der Waals surface area contributed by atoms with Crippen molar-refractivity contribution >= 4 is 28.8 Å². The third kappa shape index (κ3) is 4.57. The Hall–Kier alpha value is -2.92. The van der Waals surface area contributed by atoms with Gasteiger partial charge in [-0.3, -0.25) is 9.59 Å². The molecule has 0 radical (unpaired) electrons. The number of hydrogen-bond acceptors (Lipinski definition) is 3. The molecule has 0 bridgehead atoms. The fourth-order valence-corrected chi connectivity index (χ4v) is 4.47. The number of amides is 2. The molecule has 0 saturated carbocycles. The second-order valence-corrected chi connectivity index (χ2v) is 8.45.